The number of nitrogens with zero attached hydrogens (tertiary/aromatic N) is 4. The van der Waals surface area contributed by atoms with E-state index in [2.05, 4.69) is 22.6 Å². The van der Waals surface area contributed by atoms with E-state index in [9.17, 15) is 14.0 Å². The second-order valence-electron chi connectivity index (χ2n) is 8.74. The van der Waals surface area contributed by atoms with Gasteiger partial charge >= 0.3 is 6.09 Å². The monoisotopic (exact) mass is 497 g/mol. The summed E-state index contributed by atoms with van der Waals surface area (Å²) < 4.78 is 21.6. The highest BCUT2D eigenvalue weighted by Gasteiger charge is 2.30. The normalized spacial score (nSPS) is 19.0. The fourth-order valence-electron chi connectivity index (χ4n) is 4.37. The number of aromatic nitrogens is 2. The summed E-state index contributed by atoms with van der Waals surface area (Å²) in [4.78, 5) is 26.3. The molecular weight excluding hydrogens is 473 g/mol. The van der Waals surface area contributed by atoms with Crippen LogP contribution in [-0.4, -0.2) is 40.3 Å². The van der Waals surface area contributed by atoms with Crippen LogP contribution in [0.25, 0.3) is 0 Å². The summed E-state index contributed by atoms with van der Waals surface area (Å²) in [6.07, 6.45) is 7.38. The Hall–Kier alpha value is -3.64. The highest BCUT2D eigenvalue weighted by molar-refractivity contribution is 6.31. The lowest BCUT2D eigenvalue weighted by molar-refractivity contribution is 0.0759. The van der Waals surface area contributed by atoms with Gasteiger partial charge in [-0.3, -0.25) is 14.8 Å². The van der Waals surface area contributed by atoms with E-state index in [1.807, 2.05) is 13.0 Å². The molecule has 0 bridgehead atoms. The number of carbonyl (C=O) groups is 2. The number of nitriles is 1. The van der Waals surface area contributed by atoms with Crippen LogP contribution in [0, 0.1) is 23.1 Å². The van der Waals surface area contributed by atoms with E-state index in [0.29, 0.717) is 42.8 Å². The van der Waals surface area contributed by atoms with Crippen molar-refractivity contribution in [3.63, 3.8) is 0 Å². The minimum atomic E-state index is -0.786. The van der Waals surface area contributed by atoms with E-state index in [4.69, 9.17) is 21.6 Å². The second-order valence-corrected chi connectivity index (χ2v) is 9.14. The van der Waals surface area contributed by atoms with Crippen molar-refractivity contribution in [1.82, 2.24) is 14.7 Å². The number of hydrogen-bond acceptors (Lipinski definition) is 5. The van der Waals surface area contributed by atoms with Gasteiger partial charge in [0.15, 0.2) is 5.82 Å². The maximum atomic E-state index is 14.6. The number of rotatable bonds is 7. The number of cyclic esters (lactones) is 1. The quantitative estimate of drug-likeness (QED) is 0.563. The Morgan fingerprint density at radius 3 is 3.00 bits per heavy atom. The van der Waals surface area contributed by atoms with Crippen molar-refractivity contribution in [2.45, 2.75) is 38.8 Å². The predicted octanol–water partition coefficient (Wildman–Crippen LogP) is 5.25. The van der Waals surface area contributed by atoms with Gasteiger partial charge in [0.2, 0.25) is 0 Å². The van der Waals surface area contributed by atoms with Crippen molar-refractivity contribution in [3.05, 3.63) is 69.8 Å². The average Bonchev–Trinajstić information content (AvgIpc) is 3.29. The average molecular weight is 498 g/mol. The van der Waals surface area contributed by atoms with Gasteiger partial charge in [-0.2, -0.15) is 10.4 Å². The van der Waals surface area contributed by atoms with Gasteiger partial charge in [-0.05, 0) is 43.9 Å². The molecule has 1 unspecified atom stereocenters. The molecule has 4 rings (SSSR count). The molecule has 10 heteroatoms. The van der Waals surface area contributed by atoms with Crippen LogP contribution in [0.3, 0.4) is 0 Å². The van der Waals surface area contributed by atoms with Crippen LogP contribution in [0.15, 0.2) is 47.8 Å². The second kappa shape index (κ2) is 10.3. The number of amides is 2. The zero-order valence-electron chi connectivity index (χ0n) is 19.4. The molecule has 2 aromatic rings. The van der Waals surface area contributed by atoms with E-state index in [1.54, 1.807) is 28.9 Å². The Bertz CT molecular complexity index is 1260. The van der Waals surface area contributed by atoms with Gasteiger partial charge in [0.25, 0.3) is 5.91 Å². The van der Waals surface area contributed by atoms with Gasteiger partial charge in [-0.1, -0.05) is 23.8 Å². The molecule has 0 saturated heterocycles. The summed E-state index contributed by atoms with van der Waals surface area (Å²) in [5.74, 6) is -0.597. The van der Waals surface area contributed by atoms with E-state index < -0.39 is 18.0 Å². The molecule has 2 atom stereocenters. The van der Waals surface area contributed by atoms with Crippen molar-refractivity contribution < 1.29 is 18.7 Å². The molecule has 2 aliphatic rings. The van der Waals surface area contributed by atoms with Crippen molar-refractivity contribution >= 4 is 29.3 Å². The Labute approximate surface area is 207 Å². The molecule has 1 aromatic carbocycles. The summed E-state index contributed by atoms with van der Waals surface area (Å²) in [7, 11) is 1.68. The molecule has 1 aliphatic heterocycles. The summed E-state index contributed by atoms with van der Waals surface area (Å²) in [6, 6.07) is 5.12. The van der Waals surface area contributed by atoms with Crippen LogP contribution in [0.2, 0.25) is 5.02 Å². The SMILES string of the molecule is CC1=CC(Cn2cc(C(=O)N(C)CCC[C@H]3OC(=O)Nc4ccc(Cl)c(F)c43)cn2)CC=C1C#N. The Morgan fingerprint density at radius 1 is 1.46 bits per heavy atom. The zero-order chi connectivity index (χ0) is 25.1. The van der Waals surface area contributed by atoms with Crippen LogP contribution in [0.1, 0.15) is 48.2 Å². The first kappa shape index (κ1) is 24.5. The maximum Gasteiger partial charge on any atom is 0.412 e. The van der Waals surface area contributed by atoms with E-state index in [1.165, 1.54) is 12.3 Å². The number of nitrogens with one attached hydrogen (secondary N) is 1. The Balaban J connectivity index is 1.32. The maximum absolute atomic E-state index is 14.6. The van der Waals surface area contributed by atoms with Gasteiger partial charge in [-0.15, -0.1) is 0 Å². The topological polar surface area (TPSA) is 100 Å². The minimum absolute atomic E-state index is 0.0433. The summed E-state index contributed by atoms with van der Waals surface area (Å²) in [6.45, 7) is 2.91. The van der Waals surface area contributed by atoms with Crippen LogP contribution >= 0.6 is 11.6 Å². The molecular formula is C25H25ClFN5O3. The van der Waals surface area contributed by atoms with E-state index in [-0.39, 0.29) is 22.4 Å². The van der Waals surface area contributed by atoms with E-state index in [0.717, 1.165) is 12.0 Å². The van der Waals surface area contributed by atoms with Crippen molar-refractivity contribution in [2.75, 3.05) is 18.9 Å². The third-order valence-electron chi connectivity index (χ3n) is 6.20. The molecule has 0 spiro atoms. The molecule has 0 saturated carbocycles. The number of halogens is 2. The van der Waals surface area contributed by atoms with E-state index >= 15 is 0 Å². The third kappa shape index (κ3) is 5.38. The van der Waals surface area contributed by atoms with Crippen LogP contribution in [0.4, 0.5) is 14.9 Å². The lowest BCUT2D eigenvalue weighted by atomic mass is 9.92. The van der Waals surface area contributed by atoms with Crippen molar-refractivity contribution in [2.24, 2.45) is 5.92 Å². The predicted molar refractivity (Wildman–Crippen MR) is 128 cm³/mol. The lowest BCUT2D eigenvalue weighted by Crippen LogP contribution is -2.29. The number of anilines is 1. The van der Waals surface area contributed by atoms with Gasteiger partial charge < -0.3 is 9.64 Å². The highest BCUT2D eigenvalue weighted by Crippen LogP contribution is 2.38. The van der Waals surface area contributed by atoms with Gasteiger partial charge in [0.05, 0.1) is 39.7 Å². The molecule has 0 radical (unpaired) electrons. The van der Waals surface area contributed by atoms with Gasteiger partial charge in [0, 0.05) is 32.3 Å². The zero-order valence-corrected chi connectivity index (χ0v) is 20.2. The van der Waals surface area contributed by atoms with Crippen LogP contribution < -0.4 is 5.32 Å². The standard InChI is InChI=1S/C25H25ClFN5O3/c1-15-10-16(5-6-17(15)11-28)13-32-14-18(12-29-32)24(33)31(2)9-3-4-21-22-20(30-25(34)35-21)8-7-19(26)23(22)27/h6-8,10,12,14,16,21H,3-5,9,13H2,1-2H3,(H,30,34)/t16?,21-/m1/s1. The Kier molecular flexibility index (Phi) is 7.22. The molecule has 35 heavy (non-hydrogen) atoms. The number of carbonyl (C=O) groups excluding carboxylic acids is 2. The molecule has 182 valence electrons. The summed E-state index contributed by atoms with van der Waals surface area (Å²) >= 11 is 5.90. The molecule has 0 fully saturated rings. The van der Waals surface area contributed by atoms with Gasteiger partial charge in [0.1, 0.15) is 6.10 Å². The third-order valence-corrected chi connectivity index (χ3v) is 6.50. The number of benzene rings is 1. The summed E-state index contributed by atoms with van der Waals surface area (Å²) in [5.41, 5.74) is 2.68. The number of ether oxygens (including phenoxy) is 1. The van der Waals surface area contributed by atoms with Crippen molar-refractivity contribution in [3.8, 4) is 6.07 Å². The first-order chi connectivity index (χ1) is 16.8. The van der Waals surface area contributed by atoms with Crippen molar-refractivity contribution in [1.29, 1.82) is 5.26 Å². The molecule has 8 nitrogen and oxygen atoms in total. The first-order valence-electron chi connectivity index (χ1n) is 11.3. The number of fused-ring (bicyclic) bond motifs is 1. The number of allylic oxidation sites excluding steroid dienone is 4. The molecule has 1 aromatic heterocycles. The minimum Gasteiger partial charge on any atom is -0.441 e. The molecule has 2 amide bonds. The summed E-state index contributed by atoms with van der Waals surface area (Å²) in [5, 5.41) is 15.9. The molecule has 1 N–H and O–H groups in total. The fraction of sp³-hybridized carbons (Fsp3) is 0.360. The molecule has 1 aliphatic carbocycles. The first-order valence-corrected chi connectivity index (χ1v) is 11.7. The molecule has 2 heterocycles. The Morgan fingerprint density at radius 2 is 2.26 bits per heavy atom. The largest absolute Gasteiger partial charge is 0.441 e. The smallest absolute Gasteiger partial charge is 0.412 e. The lowest BCUT2D eigenvalue weighted by Gasteiger charge is -2.27. The van der Waals surface area contributed by atoms with Crippen LogP contribution in [-0.2, 0) is 11.3 Å². The van der Waals surface area contributed by atoms with Crippen LogP contribution in [0.5, 0.6) is 0 Å². The number of hydrogen-bond donors (Lipinski definition) is 1. The van der Waals surface area contributed by atoms with Gasteiger partial charge in [-0.25, -0.2) is 9.18 Å². The fourth-order valence-corrected chi connectivity index (χ4v) is 4.54. The highest BCUT2D eigenvalue weighted by atomic mass is 35.5.